The molecule has 4 nitrogen and oxygen atoms in total. The molecule has 0 radical (unpaired) electrons. The summed E-state index contributed by atoms with van der Waals surface area (Å²) in [4.78, 5) is 24.4. The van der Waals surface area contributed by atoms with Crippen LogP contribution in [-0.2, 0) is 4.74 Å². The second-order valence-electron chi connectivity index (χ2n) is 5.64. The minimum atomic E-state index is -0.701. The molecule has 126 valence electrons. The molecule has 1 aromatic heterocycles. The van der Waals surface area contributed by atoms with Crippen molar-refractivity contribution in [1.29, 1.82) is 0 Å². The predicted molar refractivity (Wildman–Crippen MR) is 96.5 cm³/mol. The first-order valence-electron chi connectivity index (χ1n) is 8.08. The number of hydrogen-bond donors (Lipinski definition) is 0. The SMILES string of the molecule is CCOC(=O)c1cc(-c2ccc(C)cc2)c(-c2ccccc2)oc1=O. The van der Waals surface area contributed by atoms with Gasteiger partial charge in [-0.1, -0.05) is 60.2 Å². The van der Waals surface area contributed by atoms with Crippen LogP contribution in [-0.4, -0.2) is 12.6 Å². The summed E-state index contributed by atoms with van der Waals surface area (Å²) in [6, 6.07) is 18.7. The van der Waals surface area contributed by atoms with E-state index in [9.17, 15) is 9.59 Å². The van der Waals surface area contributed by atoms with Crippen molar-refractivity contribution in [3.63, 3.8) is 0 Å². The molecule has 0 unspecified atom stereocenters. The number of benzene rings is 2. The summed E-state index contributed by atoms with van der Waals surface area (Å²) >= 11 is 0. The highest BCUT2D eigenvalue weighted by Crippen LogP contribution is 2.32. The smallest absolute Gasteiger partial charge is 0.351 e. The molecular weight excluding hydrogens is 316 g/mol. The molecule has 0 atom stereocenters. The summed E-state index contributed by atoms with van der Waals surface area (Å²) < 4.78 is 10.5. The van der Waals surface area contributed by atoms with Crippen molar-refractivity contribution in [3.05, 3.63) is 82.2 Å². The molecule has 25 heavy (non-hydrogen) atoms. The maximum Gasteiger partial charge on any atom is 0.351 e. The predicted octanol–water partition coefficient (Wildman–Crippen LogP) is 4.46. The normalized spacial score (nSPS) is 10.5. The van der Waals surface area contributed by atoms with Gasteiger partial charge in [0, 0.05) is 11.1 Å². The van der Waals surface area contributed by atoms with Crippen LogP contribution < -0.4 is 5.63 Å². The molecule has 0 bridgehead atoms. The Bertz CT molecular complexity index is 938. The zero-order valence-corrected chi connectivity index (χ0v) is 14.1. The van der Waals surface area contributed by atoms with E-state index in [-0.39, 0.29) is 12.2 Å². The fourth-order valence-electron chi connectivity index (χ4n) is 2.57. The molecule has 0 aliphatic carbocycles. The molecule has 3 rings (SSSR count). The van der Waals surface area contributed by atoms with Crippen molar-refractivity contribution in [3.8, 4) is 22.5 Å². The third kappa shape index (κ3) is 3.53. The summed E-state index contributed by atoms with van der Waals surface area (Å²) in [6.07, 6.45) is 0. The fraction of sp³-hybridized carbons (Fsp3) is 0.143. The summed E-state index contributed by atoms with van der Waals surface area (Å²) in [5.41, 5.74) is 2.62. The number of carbonyl (C=O) groups excluding carboxylic acids is 1. The van der Waals surface area contributed by atoms with E-state index < -0.39 is 11.6 Å². The minimum Gasteiger partial charge on any atom is -0.462 e. The average molecular weight is 334 g/mol. The summed E-state index contributed by atoms with van der Waals surface area (Å²) in [6.45, 7) is 3.88. The molecule has 0 aliphatic rings. The van der Waals surface area contributed by atoms with Gasteiger partial charge >= 0.3 is 11.6 Å². The number of hydrogen-bond acceptors (Lipinski definition) is 4. The highest BCUT2D eigenvalue weighted by atomic mass is 16.5. The van der Waals surface area contributed by atoms with Crippen LogP contribution >= 0.6 is 0 Å². The lowest BCUT2D eigenvalue weighted by Gasteiger charge is -2.11. The molecule has 0 saturated heterocycles. The maximum absolute atomic E-state index is 12.3. The Morgan fingerprint density at radius 1 is 1.00 bits per heavy atom. The Morgan fingerprint density at radius 3 is 2.32 bits per heavy atom. The number of esters is 1. The molecule has 1 heterocycles. The topological polar surface area (TPSA) is 56.5 Å². The van der Waals surface area contributed by atoms with E-state index in [1.807, 2.05) is 61.5 Å². The first kappa shape index (κ1) is 16.7. The van der Waals surface area contributed by atoms with E-state index >= 15 is 0 Å². The molecule has 3 aromatic rings. The molecule has 0 aliphatic heterocycles. The van der Waals surface area contributed by atoms with Crippen LogP contribution in [0.15, 0.2) is 69.9 Å². The maximum atomic E-state index is 12.3. The van der Waals surface area contributed by atoms with Gasteiger partial charge in [0.15, 0.2) is 0 Å². The van der Waals surface area contributed by atoms with E-state index in [4.69, 9.17) is 9.15 Å². The van der Waals surface area contributed by atoms with Crippen LogP contribution in [0.1, 0.15) is 22.8 Å². The Balaban J connectivity index is 2.24. The van der Waals surface area contributed by atoms with Crippen molar-refractivity contribution in [2.45, 2.75) is 13.8 Å². The zero-order valence-electron chi connectivity index (χ0n) is 14.1. The van der Waals surface area contributed by atoms with Crippen LogP contribution in [0.3, 0.4) is 0 Å². The Morgan fingerprint density at radius 2 is 1.68 bits per heavy atom. The Kier molecular flexibility index (Phi) is 4.80. The first-order valence-corrected chi connectivity index (χ1v) is 8.08. The second kappa shape index (κ2) is 7.18. The van der Waals surface area contributed by atoms with Crippen molar-refractivity contribution in [2.75, 3.05) is 6.61 Å². The van der Waals surface area contributed by atoms with Gasteiger partial charge in [0.05, 0.1) is 6.61 Å². The molecular formula is C21H18O4. The Hall–Kier alpha value is -3.14. The lowest BCUT2D eigenvalue weighted by Crippen LogP contribution is -2.17. The van der Waals surface area contributed by atoms with E-state index in [0.29, 0.717) is 11.3 Å². The van der Waals surface area contributed by atoms with Gasteiger partial charge in [0.25, 0.3) is 0 Å². The average Bonchev–Trinajstić information content (AvgIpc) is 2.63. The standard InChI is InChI=1S/C21H18O4/c1-3-24-20(22)18-13-17(15-11-9-14(2)10-12-15)19(25-21(18)23)16-7-5-4-6-8-16/h4-13H,3H2,1-2H3. The number of aryl methyl sites for hydroxylation is 1. The third-order valence-corrected chi connectivity index (χ3v) is 3.84. The van der Waals surface area contributed by atoms with Crippen molar-refractivity contribution in [1.82, 2.24) is 0 Å². The zero-order chi connectivity index (χ0) is 17.8. The van der Waals surface area contributed by atoms with Gasteiger partial charge in [-0.25, -0.2) is 9.59 Å². The van der Waals surface area contributed by atoms with E-state index in [1.165, 1.54) is 0 Å². The highest BCUT2D eigenvalue weighted by molar-refractivity contribution is 5.92. The molecule has 0 saturated carbocycles. The van der Waals surface area contributed by atoms with Crippen LogP contribution in [0.2, 0.25) is 0 Å². The van der Waals surface area contributed by atoms with E-state index in [2.05, 4.69) is 0 Å². The second-order valence-corrected chi connectivity index (χ2v) is 5.64. The van der Waals surface area contributed by atoms with Crippen molar-refractivity contribution in [2.24, 2.45) is 0 Å². The molecule has 0 amide bonds. The lowest BCUT2D eigenvalue weighted by molar-refractivity contribution is 0.0521. The van der Waals surface area contributed by atoms with E-state index in [0.717, 1.165) is 16.7 Å². The van der Waals surface area contributed by atoms with Crippen molar-refractivity contribution >= 4 is 5.97 Å². The van der Waals surface area contributed by atoms with Gasteiger partial charge in [0.1, 0.15) is 11.3 Å². The molecule has 0 N–H and O–H groups in total. The van der Waals surface area contributed by atoms with Gasteiger partial charge in [0.2, 0.25) is 0 Å². The fourth-order valence-corrected chi connectivity index (χ4v) is 2.57. The number of rotatable bonds is 4. The molecule has 0 fully saturated rings. The molecule has 4 heteroatoms. The van der Waals surface area contributed by atoms with Gasteiger partial charge < -0.3 is 9.15 Å². The van der Waals surface area contributed by atoms with Crippen LogP contribution in [0.25, 0.3) is 22.5 Å². The van der Waals surface area contributed by atoms with E-state index in [1.54, 1.807) is 13.0 Å². The van der Waals surface area contributed by atoms with Gasteiger partial charge in [-0.05, 0) is 25.5 Å². The van der Waals surface area contributed by atoms with Crippen LogP contribution in [0, 0.1) is 6.92 Å². The summed E-state index contributed by atoms with van der Waals surface area (Å²) in [5.74, 6) is -0.244. The highest BCUT2D eigenvalue weighted by Gasteiger charge is 2.19. The minimum absolute atomic E-state index is 0.0999. The third-order valence-electron chi connectivity index (χ3n) is 3.84. The van der Waals surface area contributed by atoms with Gasteiger partial charge in [-0.2, -0.15) is 0 Å². The largest absolute Gasteiger partial charge is 0.462 e. The van der Waals surface area contributed by atoms with Crippen LogP contribution in [0.4, 0.5) is 0 Å². The number of ether oxygens (including phenoxy) is 1. The van der Waals surface area contributed by atoms with Gasteiger partial charge in [-0.3, -0.25) is 0 Å². The monoisotopic (exact) mass is 334 g/mol. The number of carbonyl (C=O) groups is 1. The first-order chi connectivity index (χ1) is 12.1. The Labute approximate surface area is 145 Å². The summed E-state index contributed by atoms with van der Waals surface area (Å²) in [7, 11) is 0. The quantitative estimate of drug-likeness (QED) is 0.661. The van der Waals surface area contributed by atoms with Crippen LogP contribution in [0.5, 0.6) is 0 Å². The molecule has 0 spiro atoms. The van der Waals surface area contributed by atoms with Crippen molar-refractivity contribution < 1.29 is 13.9 Å². The lowest BCUT2D eigenvalue weighted by atomic mass is 9.98. The van der Waals surface area contributed by atoms with Gasteiger partial charge in [-0.15, -0.1) is 0 Å². The molecule has 2 aromatic carbocycles. The summed E-state index contributed by atoms with van der Waals surface area (Å²) in [5, 5.41) is 0.